The highest BCUT2D eigenvalue weighted by Gasteiger charge is 2.36. The highest BCUT2D eigenvalue weighted by molar-refractivity contribution is 6.06. The van der Waals surface area contributed by atoms with Crippen molar-refractivity contribution in [3.05, 3.63) is 144 Å². The van der Waals surface area contributed by atoms with Gasteiger partial charge in [0.25, 0.3) is 0 Å². The van der Waals surface area contributed by atoms with E-state index in [9.17, 15) is 0 Å². The van der Waals surface area contributed by atoms with Gasteiger partial charge in [-0.05, 0) is 114 Å². The number of fused-ring (bicyclic) bond motifs is 4. The molecule has 0 saturated carbocycles. The zero-order chi connectivity index (χ0) is 35.8. The van der Waals surface area contributed by atoms with Crippen molar-refractivity contribution < 1.29 is 8.22 Å². The Morgan fingerprint density at radius 3 is 2.00 bits per heavy atom. The highest BCUT2D eigenvalue weighted by atomic mass is 15.2. The summed E-state index contributed by atoms with van der Waals surface area (Å²) < 4.78 is 52.2. The maximum absolute atomic E-state index is 8.75. The molecule has 0 amide bonds. The van der Waals surface area contributed by atoms with Crippen LogP contribution in [-0.2, 0) is 5.41 Å². The van der Waals surface area contributed by atoms with Gasteiger partial charge in [0, 0.05) is 35.9 Å². The molecule has 6 aromatic rings. The number of anilines is 2. The quantitative estimate of drug-likeness (QED) is 0.201. The van der Waals surface area contributed by atoms with Crippen LogP contribution in [0.25, 0.3) is 44.2 Å². The van der Waals surface area contributed by atoms with Gasteiger partial charge in [-0.15, -0.1) is 0 Å². The molecule has 0 N–H and O–H groups in total. The normalized spacial score (nSPS) is 16.1. The zero-order valence-electron chi connectivity index (χ0n) is 32.0. The lowest BCUT2D eigenvalue weighted by molar-refractivity contribution is 0.560. The molecule has 218 valence electrons. The molecular formula is C43H41N. The molecule has 0 saturated heterocycles. The molecule has 0 fully saturated rings. The van der Waals surface area contributed by atoms with Gasteiger partial charge in [-0.25, -0.2) is 0 Å². The van der Waals surface area contributed by atoms with Crippen LogP contribution in [0.15, 0.2) is 121 Å². The molecule has 0 spiro atoms. The fraction of sp³-hybridized carbons (Fsp3) is 0.209. The lowest BCUT2D eigenvalue weighted by Crippen LogP contribution is -2.38. The summed E-state index contributed by atoms with van der Waals surface area (Å²) in [6, 6.07) is 39.7. The predicted octanol–water partition coefficient (Wildman–Crippen LogP) is 12.0. The summed E-state index contributed by atoms with van der Waals surface area (Å²) in [7, 11) is 0. The van der Waals surface area contributed by atoms with Crippen LogP contribution in [0.4, 0.5) is 11.4 Å². The van der Waals surface area contributed by atoms with E-state index >= 15 is 0 Å². The average Bonchev–Trinajstić information content (AvgIpc) is 3.29. The lowest BCUT2D eigenvalue weighted by atomic mass is 9.80. The van der Waals surface area contributed by atoms with Crippen LogP contribution in [0.3, 0.4) is 0 Å². The number of hydrogen-bond donors (Lipinski definition) is 0. The second kappa shape index (κ2) is 10.2. The first-order valence-corrected chi connectivity index (χ1v) is 15.3. The van der Waals surface area contributed by atoms with Crippen molar-refractivity contribution in [3.8, 4) is 33.4 Å². The third kappa shape index (κ3) is 4.37. The van der Waals surface area contributed by atoms with Crippen molar-refractivity contribution in [2.45, 2.75) is 59.3 Å². The smallest absolute Gasteiger partial charge is 0.0495 e. The van der Waals surface area contributed by atoms with Gasteiger partial charge >= 0.3 is 0 Å². The summed E-state index contributed by atoms with van der Waals surface area (Å²) >= 11 is 0. The molecule has 6 aromatic carbocycles. The Morgan fingerprint density at radius 2 is 1.25 bits per heavy atom. The molecule has 0 bridgehead atoms. The molecule has 1 heteroatoms. The van der Waals surface area contributed by atoms with Crippen molar-refractivity contribution in [3.63, 3.8) is 0 Å². The molecule has 1 nitrogen and oxygen atoms in total. The fourth-order valence-corrected chi connectivity index (χ4v) is 7.12. The van der Waals surface area contributed by atoms with Gasteiger partial charge in [0.1, 0.15) is 0 Å². The molecule has 0 unspecified atom stereocenters. The molecule has 44 heavy (non-hydrogen) atoms. The number of nitrogens with zero attached hydrogens (tertiary/aromatic N) is 1. The van der Waals surface area contributed by atoms with E-state index in [1.807, 2.05) is 103 Å². The second-order valence-electron chi connectivity index (χ2n) is 13.4. The van der Waals surface area contributed by atoms with E-state index in [0.29, 0.717) is 27.9 Å². The zero-order valence-corrected chi connectivity index (χ0v) is 26.0. The van der Waals surface area contributed by atoms with Gasteiger partial charge in [0.2, 0.25) is 0 Å². The van der Waals surface area contributed by atoms with E-state index in [1.54, 1.807) is 0 Å². The molecule has 1 aliphatic rings. The predicted molar refractivity (Wildman–Crippen MR) is 190 cm³/mol. The number of aryl methyl sites for hydroxylation is 1. The van der Waals surface area contributed by atoms with Crippen LogP contribution >= 0.6 is 0 Å². The summed E-state index contributed by atoms with van der Waals surface area (Å²) in [5.74, 6) is 0. The van der Waals surface area contributed by atoms with Crippen molar-refractivity contribution in [2.24, 2.45) is 0 Å². The first kappa shape index (κ1) is 22.0. The summed E-state index contributed by atoms with van der Waals surface area (Å²) in [6.45, 7) is 5.90. The molecule has 0 heterocycles. The minimum absolute atomic E-state index is 0.291. The third-order valence-corrected chi connectivity index (χ3v) is 9.19. The Kier molecular flexibility index (Phi) is 5.11. The van der Waals surface area contributed by atoms with E-state index < -0.39 is 19.2 Å². The largest absolute Gasteiger partial charge is 0.335 e. The molecule has 0 radical (unpaired) electrons. The van der Waals surface area contributed by atoms with Crippen LogP contribution in [-0.4, -0.2) is 5.54 Å². The van der Waals surface area contributed by atoms with Gasteiger partial charge in [0.05, 0.1) is 0 Å². The Hall–Kier alpha value is -4.62. The fourth-order valence-electron chi connectivity index (χ4n) is 7.12. The Labute approximate surface area is 271 Å². The maximum atomic E-state index is 8.75. The Bertz CT molecular complexity index is 2260. The molecular weight excluding hydrogens is 530 g/mol. The number of benzene rings is 6. The van der Waals surface area contributed by atoms with Gasteiger partial charge in [-0.3, -0.25) is 0 Å². The maximum Gasteiger partial charge on any atom is 0.0495 e. The van der Waals surface area contributed by atoms with E-state index in [4.69, 9.17) is 8.22 Å². The summed E-state index contributed by atoms with van der Waals surface area (Å²) in [4.78, 5) is 2.13. The summed E-state index contributed by atoms with van der Waals surface area (Å²) in [5.41, 5.74) is 8.58. The van der Waals surface area contributed by atoms with Crippen molar-refractivity contribution >= 4 is 22.1 Å². The van der Waals surface area contributed by atoms with E-state index in [2.05, 4.69) is 57.7 Å². The monoisotopic (exact) mass is 577 g/mol. The third-order valence-electron chi connectivity index (χ3n) is 9.19. The van der Waals surface area contributed by atoms with Gasteiger partial charge in [-0.1, -0.05) is 117 Å². The molecule has 0 atom stereocenters. The van der Waals surface area contributed by atoms with Crippen molar-refractivity contribution in [2.75, 3.05) is 4.90 Å². The molecule has 0 aromatic heterocycles. The van der Waals surface area contributed by atoms with Crippen molar-refractivity contribution in [1.82, 2.24) is 0 Å². The van der Waals surface area contributed by atoms with E-state index in [-0.39, 0.29) is 5.41 Å². The Morgan fingerprint density at radius 1 is 0.545 bits per heavy atom. The molecule has 1 aliphatic carbocycles. The highest BCUT2D eigenvalue weighted by Crippen LogP contribution is 2.51. The number of rotatable bonds is 4. The van der Waals surface area contributed by atoms with Gasteiger partial charge < -0.3 is 4.90 Å². The van der Waals surface area contributed by atoms with Crippen molar-refractivity contribution in [1.29, 1.82) is 0 Å². The molecule has 7 rings (SSSR count). The first-order valence-electron chi connectivity index (χ1n) is 18.3. The van der Waals surface area contributed by atoms with Crippen LogP contribution in [0.2, 0.25) is 0 Å². The lowest BCUT2D eigenvalue weighted by Gasteiger charge is -2.40. The van der Waals surface area contributed by atoms with Gasteiger partial charge in [-0.2, -0.15) is 0 Å². The van der Waals surface area contributed by atoms with Crippen LogP contribution in [0.1, 0.15) is 65.1 Å². The van der Waals surface area contributed by atoms with Crippen LogP contribution in [0, 0.1) is 13.7 Å². The van der Waals surface area contributed by atoms with E-state index in [1.165, 1.54) is 5.56 Å². The second-order valence-corrected chi connectivity index (χ2v) is 13.4. The summed E-state index contributed by atoms with van der Waals surface area (Å²) in [6.07, 6.45) is 0. The SMILES string of the molecule is [2H]C([2H])([2H])c1cc2c(cc1-c1ccc(N(c3cccc(-c4ccccc4)c3C([2H])([2H])[2H])C(C)(C)C)c3ccccc13)C(C)(C)c1ccccc1-2. The van der Waals surface area contributed by atoms with E-state index in [0.717, 1.165) is 44.3 Å². The minimum atomic E-state index is -2.40. The average molecular weight is 578 g/mol. The number of hydrogen-bond acceptors (Lipinski definition) is 1. The van der Waals surface area contributed by atoms with Crippen LogP contribution in [0.5, 0.6) is 0 Å². The standard InChI is InChI=1S/C43H41N/c1-28-26-37-34-19-13-14-22-38(34)43(6,7)39(37)27-36(28)33-24-25-41(35-20-12-11-18-32(33)35)44(42(3,4)5)40-23-15-21-31(29(40)2)30-16-9-8-10-17-30/h8-27H,1-7H3/i1D3,2D3. The first-order chi connectivity index (χ1) is 23.5. The van der Waals surface area contributed by atoms with Crippen LogP contribution < -0.4 is 4.90 Å². The van der Waals surface area contributed by atoms with Gasteiger partial charge in [0.15, 0.2) is 0 Å². The molecule has 0 aliphatic heterocycles. The summed E-state index contributed by atoms with van der Waals surface area (Å²) in [5, 5.41) is 1.80. The topological polar surface area (TPSA) is 3.24 Å². The Balaban J connectivity index is 1.50. The minimum Gasteiger partial charge on any atom is -0.335 e.